The monoisotopic (exact) mass is 421 g/mol. The van der Waals surface area contributed by atoms with Crippen molar-refractivity contribution in [1.82, 2.24) is 10.3 Å². The van der Waals surface area contributed by atoms with Gasteiger partial charge in [-0.2, -0.15) is 0 Å². The zero-order valence-corrected chi connectivity index (χ0v) is 17.3. The van der Waals surface area contributed by atoms with Crippen LogP contribution in [-0.2, 0) is 4.74 Å². The number of halogens is 2. The van der Waals surface area contributed by atoms with E-state index in [0.29, 0.717) is 49.3 Å². The fraction of sp³-hybridized carbons (Fsp3) is 0.429. The minimum absolute atomic E-state index is 0.181. The van der Waals surface area contributed by atoms with Crippen molar-refractivity contribution in [2.24, 2.45) is 0 Å². The number of nitrogens with zero attached hydrogens (tertiary/aromatic N) is 2. The van der Waals surface area contributed by atoms with Crippen LogP contribution in [0.25, 0.3) is 0 Å². The molecule has 2 aromatic rings. The average molecular weight is 422 g/mol. The molecule has 6 nitrogen and oxygen atoms in total. The van der Waals surface area contributed by atoms with Gasteiger partial charge in [-0.25, -0.2) is 9.37 Å². The Kier molecular flexibility index (Phi) is 6.92. The molecule has 0 spiro atoms. The summed E-state index contributed by atoms with van der Waals surface area (Å²) >= 11 is 6.07. The molecule has 29 heavy (non-hydrogen) atoms. The summed E-state index contributed by atoms with van der Waals surface area (Å²) in [6.07, 6.45) is 2.19. The molecule has 0 aliphatic carbocycles. The molecule has 1 amide bonds. The predicted octanol–water partition coefficient (Wildman–Crippen LogP) is 3.69. The Morgan fingerprint density at radius 1 is 1.38 bits per heavy atom. The number of carbonyl (C=O) groups is 1. The van der Waals surface area contributed by atoms with E-state index >= 15 is 0 Å². The zero-order valence-electron chi connectivity index (χ0n) is 16.6. The van der Waals surface area contributed by atoms with Gasteiger partial charge >= 0.3 is 0 Å². The first-order valence-electron chi connectivity index (χ1n) is 9.60. The molecule has 156 valence electrons. The van der Waals surface area contributed by atoms with E-state index in [1.54, 1.807) is 30.5 Å². The van der Waals surface area contributed by atoms with Crippen LogP contribution < -0.4 is 15.0 Å². The Balaban J connectivity index is 1.67. The Bertz CT molecular complexity index is 861. The van der Waals surface area contributed by atoms with Gasteiger partial charge in [0.2, 0.25) is 5.88 Å². The smallest absolute Gasteiger partial charge is 0.251 e. The molecule has 2 heterocycles. The number of nitrogens with one attached hydrogen (secondary N) is 1. The summed E-state index contributed by atoms with van der Waals surface area (Å²) in [5.74, 6) is -0.476. The molecule has 1 atom stereocenters. The molecule has 8 heteroatoms. The average Bonchev–Trinajstić information content (AvgIpc) is 2.73. The van der Waals surface area contributed by atoms with E-state index in [4.69, 9.17) is 21.1 Å². The third-order valence-corrected chi connectivity index (χ3v) is 5.30. The fourth-order valence-corrected chi connectivity index (χ4v) is 3.16. The van der Waals surface area contributed by atoms with Gasteiger partial charge in [-0.15, -0.1) is 0 Å². The second-order valence-corrected chi connectivity index (χ2v) is 7.62. The van der Waals surface area contributed by atoms with E-state index in [-0.39, 0.29) is 18.1 Å². The van der Waals surface area contributed by atoms with E-state index in [2.05, 4.69) is 10.3 Å². The summed E-state index contributed by atoms with van der Waals surface area (Å²) in [7, 11) is 0. The van der Waals surface area contributed by atoms with E-state index in [0.717, 1.165) is 0 Å². The molecule has 1 aliphatic rings. The van der Waals surface area contributed by atoms with Crippen molar-refractivity contribution in [2.45, 2.75) is 25.8 Å². The number of rotatable bonds is 7. The SMILES string of the molecule is CCC(C)(COc1ncccc1Cl)NC(=O)c1ccc(N2CCOCC2)c(F)c1. The highest BCUT2D eigenvalue weighted by atomic mass is 35.5. The number of hydrogen-bond acceptors (Lipinski definition) is 5. The van der Waals surface area contributed by atoms with Crippen LogP contribution in [0.1, 0.15) is 30.6 Å². The highest BCUT2D eigenvalue weighted by molar-refractivity contribution is 6.31. The number of carbonyl (C=O) groups excluding carboxylic acids is 1. The molecule has 1 fully saturated rings. The van der Waals surface area contributed by atoms with Gasteiger partial charge in [-0.05, 0) is 43.7 Å². The number of anilines is 1. The van der Waals surface area contributed by atoms with E-state index in [1.165, 1.54) is 6.07 Å². The number of pyridine rings is 1. The van der Waals surface area contributed by atoms with Gasteiger partial charge in [0.05, 0.1) is 24.4 Å². The molecule has 0 bridgehead atoms. The molecule has 0 saturated carbocycles. The maximum absolute atomic E-state index is 14.6. The van der Waals surface area contributed by atoms with Crippen molar-refractivity contribution in [1.29, 1.82) is 0 Å². The molecule has 1 saturated heterocycles. The maximum atomic E-state index is 14.6. The number of amides is 1. The molecular weight excluding hydrogens is 397 g/mol. The van der Waals surface area contributed by atoms with Crippen LogP contribution in [0.3, 0.4) is 0 Å². The van der Waals surface area contributed by atoms with Gasteiger partial charge in [0, 0.05) is 24.8 Å². The van der Waals surface area contributed by atoms with Gasteiger partial charge in [0.1, 0.15) is 17.4 Å². The van der Waals surface area contributed by atoms with Crippen LogP contribution in [0.5, 0.6) is 5.88 Å². The van der Waals surface area contributed by atoms with Crippen LogP contribution in [0.15, 0.2) is 36.5 Å². The quantitative estimate of drug-likeness (QED) is 0.738. The van der Waals surface area contributed by atoms with Crippen molar-refractivity contribution < 1.29 is 18.7 Å². The van der Waals surface area contributed by atoms with Crippen LogP contribution in [-0.4, -0.2) is 49.3 Å². The minimum atomic E-state index is -0.669. The largest absolute Gasteiger partial charge is 0.474 e. The van der Waals surface area contributed by atoms with Crippen LogP contribution in [0, 0.1) is 5.82 Å². The standard InChI is InChI=1S/C21H25ClFN3O3/c1-3-21(2,14-29-20-16(22)5-4-8-24-20)25-19(27)15-6-7-18(17(23)13-15)26-9-11-28-12-10-26/h4-8,13H,3,9-12,14H2,1-2H3,(H,25,27). The summed E-state index contributed by atoms with van der Waals surface area (Å²) in [4.78, 5) is 18.7. The Morgan fingerprint density at radius 2 is 2.14 bits per heavy atom. The lowest BCUT2D eigenvalue weighted by atomic mass is 9.99. The summed E-state index contributed by atoms with van der Waals surface area (Å²) in [5, 5.41) is 3.34. The normalized spacial score (nSPS) is 16.2. The Hall–Kier alpha value is -2.38. The second-order valence-electron chi connectivity index (χ2n) is 7.21. The number of ether oxygens (including phenoxy) is 2. The molecule has 1 N–H and O–H groups in total. The first kappa shape index (κ1) is 21.3. The van der Waals surface area contributed by atoms with Crippen molar-refractivity contribution in [3.05, 3.63) is 52.9 Å². The third-order valence-electron chi connectivity index (χ3n) is 5.01. The minimum Gasteiger partial charge on any atom is -0.474 e. The molecular formula is C21H25ClFN3O3. The Labute approximate surface area is 175 Å². The van der Waals surface area contributed by atoms with Gasteiger partial charge in [-0.3, -0.25) is 4.79 Å². The lowest BCUT2D eigenvalue weighted by molar-refractivity contribution is 0.0859. The second kappa shape index (κ2) is 9.41. The zero-order chi connectivity index (χ0) is 20.9. The topological polar surface area (TPSA) is 63.7 Å². The lowest BCUT2D eigenvalue weighted by Crippen LogP contribution is -2.50. The van der Waals surface area contributed by atoms with Gasteiger partial charge in [0.15, 0.2) is 0 Å². The van der Waals surface area contributed by atoms with Crippen molar-refractivity contribution in [3.8, 4) is 5.88 Å². The lowest BCUT2D eigenvalue weighted by Gasteiger charge is -2.30. The van der Waals surface area contributed by atoms with Crippen LogP contribution in [0.4, 0.5) is 10.1 Å². The molecule has 1 aromatic carbocycles. The highest BCUT2D eigenvalue weighted by Crippen LogP contribution is 2.24. The molecule has 1 unspecified atom stereocenters. The number of benzene rings is 1. The van der Waals surface area contributed by atoms with Crippen molar-refractivity contribution in [2.75, 3.05) is 37.8 Å². The summed E-state index contributed by atoms with van der Waals surface area (Å²) in [5.41, 5.74) is 0.0726. The van der Waals surface area contributed by atoms with Crippen LogP contribution >= 0.6 is 11.6 Å². The fourth-order valence-electron chi connectivity index (χ4n) is 2.99. The number of morpholine rings is 1. The summed E-state index contributed by atoms with van der Waals surface area (Å²) < 4.78 is 25.6. The maximum Gasteiger partial charge on any atom is 0.251 e. The van der Waals surface area contributed by atoms with Crippen LogP contribution in [0.2, 0.25) is 5.02 Å². The molecule has 1 aliphatic heterocycles. The van der Waals surface area contributed by atoms with E-state index < -0.39 is 11.4 Å². The van der Waals surface area contributed by atoms with Gasteiger partial charge in [0.25, 0.3) is 5.91 Å². The first-order chi connectivity index (χ1) is 13.9. The van der Waals surface area contributed by atoms with Gasteiger partial charge in [-0.1, -0.05) is 18.5 Å². The first-order valence-corrected chi connectivity index (χ1v) is 9.98. The predicted molar refractivity (Wildman–Crippen MR) is 110 cm³/mol. The van der Waals surface area contributed by atoms with E-state index in [1.807, 2.05) is 18.7 Å². The molecule has 0 radical (unpaired) electrons. The summed E-state index contributed by atoms with van der Waals surface area (Å²) in [6.45, 7) is 6.37. The highest BCUT2D eigenvalue weighted by Gasteiger charge is 2.27. The molecule has 1 aromatic heterocycles. The summed E-state index contributed by atoms with van der Waals surface area (Å²) in [6, 6.07) is 7.95. The van der Waals surface area contributed by atoms with Crippen molar-refractivity contribution in [3.63, 3.8) is 0 Å². The van der Waals surface area contributed by atoms with E-state index in [9.17, 15) is 9.18 Å². The Morgan fingerprint density at radius 3 is 2.79 bits per heavy atom. The van der Waals surface area contributed by atoms with Gasteiger partial charge < -0.3 is 19.7 Å². The number of hydrogen-bond donors (Lipinski definition) is 1. The number of aromatic nitrogens is 1. The third kappa shape index (κ3) is 5.36. The molecule has 3 rings (SSSR count). The van der Waals surface area contributed by atoms with Crippen molar-refractivity contribution >= 4 is 23.2 Å².